The summed E-state index contributed by atoms with van der Waals surface area (Å²) in [5, 5.41) is 15.8. The Kier molecular flexibility index (Phi) is 5.38. The minimum Gasteiger partial charge on any atom is -0.337 e. The fourth-order valence-corrected chi connectivity index (χ4v) is 3.27. The van der Waals surface area contributed by atoms with E-state index in [1.807, 2.05) is 7.05 Å². The fraction of sp³-hybridized carbons (Fsp3) is 0.867. The molecular weight excluding hydrogens is 252 g/mol. The maximum atomic E-state index is 12.2. The summed E-state index contributed by atoms with van der Waals surface area (Å²) in [7, 11) is 1.99. The Morgan fingerprint density at radius 3 is 2.65 bits per heavy atom. The van der Waals surface area contributed by atoms with Crippen LogP contribution in [0, 0.1) is 11.3 Å². The highest BCUT2D eigenvalue weighted by molar-refractivity contribution is 5.79. The number of rotatable bonds is 4. The normalized spacial score (nSPS) is 25.9. The molecule has 1 amide bonds. The van der Waals surface area contributed by atoms with Gasteiger partial charge in [-0.3, -0.25) is 9.69 Å². The lowest BCUT2D eigenvalue weighted by atomic mass is 9.92. The Balaban J connectivity index is 1.86. The van der Waals surface area contributed by atoms with Gasteiger partial charge in [0.05, 0.1) is 12.6 Å². The zero-order valence-electron chi connectivity index (χ0n) is 12.5. The SMILES string of the molecule is CN(CC(=O)NC1(C#N)CCCCCC1)C1CCNC1. The van der Waals surface area contributed by atoms with Gasteiger partial charge in [0.25, 0.3) is 0 Å². The fourth-order valence-electron chi connectivity index (χ4n) is 3.27. The molecule has 2 N–H and O–H groups in total. The van der Waals surface area contributed by atoms with E-state index in [4.69, 9.17) is 0 Å². The molecule has 2 aliphatic rings. The van der Waals surface area contributed by atoms with Crippen molar-refractivity contribution in [3.63, 3.8) is 0 Å². The first-order chi connectivity index (χ1) is 9.65. The Morgan fingerprint density at radius 1 is 1.40 bits per heavy atom. The molecule has 1 aliphatic heterocycles. The summed E-state index contributed by atoms with van der Waals surface area (Å²) < 4.78 is 0. The molecular formula is C15H26N4O. The molecule has 1 saturated heterocycles. The lowest BCUT2D eigenvalue weighted by Crippen LogP contribution is -2.51. The number of nitrogens with one attached hydrogen (secondary N) is 2. The second-order valence-corrected chi connectivity index (χ2v) is 6.22. The molecule has 0 aromatic heterocycles. The molecule has 1 saturated carbocycles. The Labute approximate surface area is 121 Å². The molecule has 1 aliphatic carbocycles. The van der Waals surface area contributed by atoms with Crippen molar-refractivity contribution >= 4 is 5.91 Å². The van der Waals surface area contributed by atoms with Crippen molar-refractivity contribution in [3.05, 3.63) is 0 Å². The van der Waals surface area contributed by atoms with Crippen LogP contribution in [0.3, 0.4) is 0 Å². The topological polar surface area (TPSA) is 68.2 Å². The monoisotopic (exact) mass is 278 g/mol. The minimum atomic E-state index is -0.623. The second-order valence-electron chi connectivity index (χ2n) is 6.22. The van der Waals surface area contributed by atoms with E-state index in [2.05, 4.69) is 21.6 Å². The van der Waals surface area contributed by atoms with E-state index in [0.717, 1.165) is 45.2 Å². The zero-order valence-corrected chi connectivity index (χ0v) is 12.5. The molecule has 5 nitrogen and oxygen atoms in total. The summed E-state index contributed by atoms with van der Waals surface area (Å²) in [6, 6.07) is 2.81. The third-order valence-corrected chi connectivity index (χ3v) is 4.60. The first-order valence-electron chi connectivity index (χ1n) is 7.78. The number of hydrogen-bond donors (Lipinski definition) is 2. The molecule has 1 atom stereocenters. The van der Waals surface area contributed by atoms with Gasteiger partial charge in [0, 0.05) is 12.6 Å². The van der Waals surface area contributed by atoms with Crippen molar-refractivity contribution < 1.29 is 4.79 Å². The predicted molar refractivity (Wildman–Crippen MR) is 78.1 cm³/mol. The largest absolute Gasteiger partial charge is 0.337 e. The van der Waals surface area contributed by atoms with Gasteiger partial charge < -0.3 is 10.6 Å². The summed E-state index contributed by atoms with van der Waals surface area (Å²) >= 11 is 0. The number of hydrogen-bond acceptors (Lipinski definition) is 4. The molecule has 0 aromatic rings. The third-order valence-electron chi connectivity index (χ3n) is 4.60. The van der Waals surface area contributed by atoms with Crippen LogP contribution in [0.1, 0.15) is 44.9 Å². The Morgan fingerprint density at radius 2 is 2.10 bits per heavy atom. The molecule has 2 fully saturated rings. The molecule has 0 aromatic carbocycles. The van der Waals surface area contributed by atoms with Crippen molar-refractivity contribution in [2.24, 2.45) is 0 Å². The highest BCUT2D eigenvalue weighted by Crippen LogP contribution is 2.26. The highest BCUT2D eigenvalue weighted by atomic mass is 16.2. The van der Waals surface area contributed by atoms with E-state index in [0.29, 0.717) is 12.6 Å². The van der Waals surface area contributed by atoms with Gasteiger partial charge in [0.15, 0.2) is 0 Å². The van der Waals surface area contributed by atoms with Crippen molar-refractivity contribution in [1.82, 2.24) is 15.5 Å². The molecule has 5 heteroatoms. The van der Waals surface area contributed by atoms with Crippen LogP contribution in [0.25, 0.3) is 0 Å². The Bertz CT molecular complexity index is 363. The van der Waals surface area contributed by atoms with Crippen LogP contribution < -0.4 is 10.6 Å². The van der Waals surface area contributed by atoms with E-state index in [9.17, 15) is 10.1 Å². The summed E-state index contributed by atoms with van der Waals surface area (Å²) in [6.45, 7) is 2.36. The van der Waals surface area contributed by atoms with Gasteiger partial charge in [-0.2, -0.15) is 5.26 Å². The summed E-state index contributed by atoms with van der Waals surface area (Å²) in [4.78, 5) is 14.3. The first-order valence-corrected chi connectivity index (χ1v) is 7.78. The van der Waals surface area contributed by atoms with Gasteiger partial charge in [-0.1, -0.05) is 25.7 Å². The standard InChI is InChI=1S/C15H26N4O/c1-19(13-6-9-17-10-13)11-14(20)18-15(12-16)7-4-2-3-5-8-15/h13,17H,2-11H2,1H3,(H,18,20). The van der Waals surface area contributed by atoms with Crippen LogP contribution in [0.15, 0.2) is 0 Å². The third kappa shape index (κ3) is 3.94. The molecule has 20 heavy (non-hydrogen) atoms. The van der Waals surface area contributed by atoms with Crippen molar-refractivity contribution in [2.75, 3.05) is 26.7 Å². The van der Waals surface area contributed by atoms with Crippen LogP contribution in [-0.4, -0.2) is 49.1 Å². The van der Waals surface area contributed by atoms with Gasteiger partial charge in [-0.05, 0) is 32.9 Å². The van der Waals surface area contributed by atoms with Crippen LogP contribution in [0.2, 0.25) is 0 Å². The molecule has 0 radical (unpaired) electrons. The maximum Gasteiger partial charge on any atom is 0.235 e. The van der Waals surface area contributed by atoms with Crippen LogP contribution in [0.5, 0.6) is 0 Å². The van der Waals surface area contributed by atoms with Crippen molar-refractivity contribution in [2.45, 2.75) is 56.5 Å². The number of nitriles is 1. The van der Waals surface area contributed by atoms with E-state index in [1.54, 1.807) is 0 Å². The number of carbonyl (C=O) groups is 1. The molecule has 1 unspecified atom stereocenters. The van der Waals surface area contributed by atoms with Crippen LogP contribution in [-0.2, 0) is 4.79 Å². The smallest absolute Gasteiger partial charge is 0.235 e. The molecule has 112 valence electrons. The minimum absolute atomic E-state index is 0.0113. The highest BCUT2D eigenvalue weighted by Gasteiger charge is 2.33. The molecule has 1 heterocycles. The molecule has 0 spiro atoms. The van der Waals surface area contributed by atoms with Gasteiger partial charge in [-0.15, -0.1) is 0 Å². The lowest BCUT2D eigenvalue weighted by Gasteiger charge is -2.29. The van der Waals surface area contributed by atoms with Gasteiger partial charge >= 0.3 is 0 Å². The molecule has 0 bridgehead atoms. The van der Waals surface area contributed by atoms with E-state index < -0.39 is 5.54 Å². The Hall–Kier alpha value is -1.12. The predicted octanol–water partition coefficient (Wildman–Crippen LogP) is 1.01. The van der Waals surface area contributed by atoms with E-state index >= 15 is 0 Å². The molecule has 2 rings (SSSR count). The summed E-state index contributed by atoms with van der Waals surface area (Å²) in [5.41, 5.74) is -0.623. The quantitative estimate of drug-likeness (QED) is 0.753. The number of nitrogens with zero attached hydrogens (tertiary/aromatic N) is 2. The van der Waals surface area contributed by atoms with E-state index in [-0.39, 0.29) is 5.91 Å². The summed E-state index contributed by atoms with van der Waals surface area (Å²) in [6.07, 6.45) is 7.10. The summed E-state index contributed by atoms with van der Waals surface area (Å²) in [5.74, 6) is -0.0113. The first kappa shape index (κ1) is 15.3. The lowest BCUT2D eigenvalue weighted by molar-refractivity contribution is -0.123. The average molecular weight is 278 g/mol. The van der Waals surface area contributed by atoms with E-state index in [1.165, 1.54) is 12.8 Å². The van der Waals surface area contributed by atoms with Gasteiger partial charge in [0.2, 0.25) is 5.91 Å². The second kappa shape index (κ2) is 7.05. The van der Waals surface area contributed by atoms with Crippen molar-refractivity contribution in [3.8, 4) is 6.07 Å². The van der Waals surface area contributed by atoms with Crippen LogP contribution in [0.4, 0.5) is 0 Å². The van der Waals surface area contributed by atoms with Crippen LogP contribution >= 0.6 is 0 Å². The number of likely N-dealkylation sites (N-methyl/N-ethyl adjacent to an activating group) is 1. The maximum absolute atomic E-state index is 12.2. The van der Waals surface area contributed by atoms with Gasteiger partial charge in [0.1, 0.15) is 5.54 Å². The number of amides is 1. The van der Waals surface area contributed by atoms with Gasteiger partial charge in [-0.25, -0.2) is 0 Å². The van der Waals surface area contributed by atoms with Crippen molar-refractivity contribution in [1.29, 1.82) is 5.26 Å². The average Bonchev–Trinajstić information content (AvgIpc) is 2.87. The zero-order chi connectivity index (χ0) is 14.4. The number of carbonyl (C=O) groups excluding carboxylic acids is 1.